The van der Waals surface area contributed by atoms with Gasteiger partial charge in [-0.05, 0) is 26.0 Å². The molecule has 0 unspecified atom stereocenters. The number of pyridine rings is 1. The van der Waals surface area contributed by atoms with Crippen LogP contribution in [0.4, 0.5) is 5.82 Å². The summed E-state index contributed by atoms with van der Waals surface area (Å²) in [4.78, 5) is 4.37. The highest BCUT2D eigenvalue weighted by molar-refractivity contribution is 5.69. The normalized spacial score (nSPS) is 13.9. The summed E-state index contributed by atoms with van der Waals surface area (Å²) in [5.41, 5.74) is 5.63. The number of methoxy groups -OCH3 is 1. The molecule has 25 heavy (non-hydrogen) atoms. The Morgan fingerprint density at radius 2 is 2.16 bits per heavy atom. The second kappa shape index (κ2) is 6.21. The monoisotopic (exact) mass is 340 g/mol. The Bertz CT molecular complexity index is 914. The lowest BCUT2D eigenvalue weighted by molar-refractivity contribution is 0.159. The molecule has 130 valence electrons. The molecule has 0 saturated carbocycles. The summed E-state index contributed by atoms with van der Waals surface area (Å²) in [7, 11) is 1.62. The summed E-state index contributed by atoms with van der Waals surface area (Å²) in [6, 6.07) is 4.00. The van der Waals surface area contributed by atoms with Gasteiger partial charge in [0.25, 0.3) is 0 Å². The molecule has 4 heterocycles. The maximum atomic E-state index is 5.57. The molecule has 1 aliphatic rings. The van der Waals surface area contributed by atoms with Gasteiger partial charge in [0.1, 0.15) is 18.2 Å². The van der Waals surface area contributed by atoms with Crippen LogP contribution in [-0.4, -0.2) is 45.4 Å². The summed E-state index contributed by atoms with van der Waals surface area (Å²) in [6.45, 7) is 5.01. The minimum Gasteiger partial charge on any atom is -0.481 e. The number of aromatic nitrogens is 5. The molecule has 3 aromatic heterocycles. The highest BCUT2D eigenvalue weighted by atomic mass is 16.5. The first-order chi connectivity index (χ1) is 12.2. The van der Waals surface area contributed by atoms with Crippen molar-refractivity contribution in [3.63, 3.8) is 0 Å². The third-order valence-electron chi connectivity index (χ3n) is 4.24. The van der Waals surface area contributed by atoms with Crippen LogP contribution in [0.2, 0.25) is 0 Å². The van der Waals surface area contributed by atoms with Crippen LogP contribution in [-0.2, 0) is 11.2 Å². The predicted octanol–water partition coefficient (Wildman–Crippen LogP) is 2.22. The van der Waals surface area contributed by atoms with E-state index in [1.165, 1.54) is 0 Å². The van der Waals surface area contributed by atoms with Crippen LogP contribution in [0.3, 0.4) is 0 Å². The lowest BCUT2D eigenvalue weighted by Gasteiger charge is -2.10. The second-order valence-corrected chi connectivity index (χ2v) is 6.01. The molecule has 0 radical (unpaired) electrons. The van der Waals surface area contributed by atoms with Gasteiger partial charge in [-0.25, -0.2) is 9.67 Å². The van der Waals surface area contributed by atoms with Gasteiger partial charge in [-0.15, -0.1) is 0 Å². The van der Waals surface area contributed by atoms with Crippen molar-refractivity contribution in [1.82, 2.24) is 25.0 Å². The number of hydrogen-bond acceptors (Lipinski definition) is 6. The fraction of sp³-hybridized carbons (Fsp3) is 0.353. The Kier molecular flexibility index (Phi) is 3.89. The van der Waals surface area contributed by atoms with E-state index in [4.69, 9.17) is 14.6 Å². The van der Waals surface area contributed by atoms with Crippen LogP contribution in [0.5, 0.6) is 5.88 Å². The van der Waals surface area contributed by atoms with E-state index in [9.17, 15) is 0 Å². The van der Waals surface area contributed by atoms with Gasteiger partial charge in [-0.1, -0.05) is 0 Å². The van der Waals surface area contributed by atoms with Crippen LogP contribution in [0.15, 0.2) is 18.3 Å². The number of aryl methyl sites for hydroxylation is 2. The van der Waals surface area contributed by atoms with E-state index in [0.717, 1.165) is 46.1 Å². The quantitative estimate of drug-likeness (QED) is 0.760. The van der Waals surface area contributed by atoms with Gasteiger partial charge in [0.05, 0.1) is 37.0 Å². The van der Waals surface area contributed by atoms with Gasteiger partial charge in [-0.3, -0.25) is 5.10 Å². The Hall–Kier alpha value is -2.87. The van der Waals surface area contributed by atoms with Crippen LogP contribution < -0.4 is 10.1 Å². The highest BCUT2D eigenvalue weighted by Gasteiger charge is 2.23. The van der Waals surface area contributed by atoms with E-state index in [1.54, 1.807) is 13.3 Å². The van der Waals surface area contributed by atoms with Crippen LogP contribution in [0.1, 0.15) is 16.8 Å². The van der Waals surface area contributed by atoms with Crippen LogP contribution >= 0.6 is 0 Å². The minimum atomic E-state index is 0.447. The third-order valence-corrected chi connectivity index (χ3v) is 4.24. The van der Waals surface area contributed by atoms with Gasteiger partial charge in [0.2, 0.25) is 5.88 Å². The molecule has 0 aromatic carbocycles. The molecule has 2 N–H and O–H groups in total. The van der Waals surface area contributed by atoms with E-state index < -0.39 is 0 Å². The van der Waals surface area contributed by atoms with Crippen molar-refractivity contribution in [2.45, 2.75) is 20.3 Å². The average molecular weight is 340 g/mol. The molecular formula is C17H20N6O2. The maximum Gasteiger partial charge on any atom is 0.216 e. The van der Waals surface area contributed by atoms with Crippen molar-refractivity contribution in [2.24, 2.45) is 0 Å². The third kappa shape index (κ3) is 2.74. The molecule has 0 atom stereocenters. The molecular weight excluding hydrogens is 320 g/mol. The topological polar surface area (TPSA) is 89.9 Å². The SMILES string of the molecule is COc1ncc(-n2nc(-c3cc(C)n[nH]3)c3c2NCOCC3)cc1C. The molecule has 1 aliphatic heterocycles. The molecule has 8 nitrogen and oxygen atoms in total. The average Bonchev–Trinajstić information content (AvgIpc) is 3.10. The lowest BCUT2D eigenvalue weighted by Crippen LogP contribution is -2.09. The first kappa shape index (κ1) is 15.6. The van der Waals surface area contributed by atoms with Crippen molar-refractivity contribution in [1.29, 1.82) is 0 Å². The molecule has 0 aliphatic carbocycles. The molecule has 8 heteroatoms. The van der Waals surface area contributed by atoms with Gasteiger partial charge >= 0.3 is 0 Å². The van der Waals surface area contributed by atoms with Gasteiger partial charge < -0.3 is 14.8 Å². The molecule has 4 rings (SSSR count). The standard InChI is InChI=1S/C17H20N6O2/c1-10-6-12(8-18-17(10)24-3)23-16-13(4-5-25-9-19-16)15(22-23)14-7-11(2)20-21-14/h6-8,19H,4-5,9H2,1-3H3,(H,20,21). The highest BCUT2D eigenvalue weighted by Crippen LogP contribution is 2.32. The number of nitrogens with one attached hydrogen (secondary N) is 2. The largest absolute Gasteiger partial charge is 0.481 e. The smallest absolute Gasteiger partial charge is 0.216 e. The van der Waals surface area contributed by atoms with E-state index in [-0.39, 0.29) is 0 Å². The second-order valence-electron chi connectivity index (χ2n) is 6.01. The molecule has 0 spiro atoms. The number of H-pyrrole nitrogens is 1. The Morgan fingerprint density at radius 3 is 2.88 bits per heavy atom. The summed E-state index contributed by atoms with van der Waals surface area (Å²) in [5, 5.41) is 15.4. The number of aromatic amines is 1. The minimum absolute atomic E-state index is 0.447. The van der Waals surface area contributed by atoms with Crippen molar-refractivity contribution in [2.75, 3.05) is 25.8 Å². The van der Waals surface area contributed by atoms with E-state index in [1.807, 2.05) is 30.7 Å². The Morgan fingerprint density at radius 1 is 1.28 bits per heavy atom. The molecule has 0 bridgehead atoms. The Balaban J connectivity index is 1.88. The molecule has 0 fully saturated rings. The maximum absolute atomic E-state index is 5.57. The number of anilines is 1. The van der Waals surface area contributed by atoms with E-state index >= 15 is 0 Å². The van der Waals surface area contributed by atoms with E-state index in [0.29, 0.717) is 19.2 Å². The number of ether oxygens (including phenoxy) is 2. The number of rotatable bonds is 3. The molecule has 3 aromatic rings. The van der Waals surface area contributed by atoms with Crippen LogP contribution in [0, 0.1) is 13.8 Å². The van der Waals surface area contributed by atoms with Crippen molar-refractivity contribution < 1.29 is 9.47 Å². The summed E-state index contributed by atoms with van der Waals surface area (Å²) < 4.78 is 12.7. The lowest BCUT2D eigenvalue weighted by atomic mass is 10.1. The summed E-state index contributed by atoms with van der Waals surface area (Å²) in [5.74, 6) is 1.54. The van der Waals surface area contributed by atoms with Crippen LogP contribution in [0.25, 0.3) is 17.1 Å². The first-order valence-electron chi connectivity index (χ1n) is 8.14. The van der Waals surface area contributed by atoms with Gasteiger partial charge in [-0.2, -0.15) is 10.2 Å². The number of fused-ring (bicyclic) bond motifs is 1. The Labute approximate surface area is 145 Å². The summed E-state index contributed by atoms with van der Waals surface area (Å²) >= 11 is 0. The van der Waals surface area contributed by atoms with E-state index in [2.05, 4.69) is 20.5 Å². The first-order valence-corrected chi connectivity index (χ1v) is 8.14. The molecule has 0 saturated heterocycles. The fourth-order valence-corrected chi connectivity index (χ4v) is 3.06. The van der Waals surface area contributed by atoms with Gasteiger partial charge in [0, 0.05) is 17.5 Å². The van der Waals surface area contributed by atoms with Gasteiger partial charge in [0.15, 0.2) is 0 Å². The summed E-state index contributed by atoms with van der Waals surface area (Å²) in [6.07, 6.45) is 2.53. The zero-order valence-corrected chi connectivity index (χ0v) is 14.5. The number of nitrogens with zero attached hydrogens (tertiary/aromatic N) is 4. The van der Waals surface area contributed by atoms with Crippen molar-refractivity contribution in [3.05, 3.63) is 35.2 Å². The molecule has 0 amide bonds. The predicted molar refractivity (Wildman–Crippen MR) is 93.1 cm³/mol. The van der Waals surface area contributed by atoms with Crippen molar-refractivity contribution in [3.8, 4) is 23.0 Å². The zero-order chi connectivity index (χ0) is 17.4. The van der Waals surface area contributed by atoms with Crippen molar-refractivity contribution >= 4 is 5.82 Å². The number of hydrogen-bond donors (Lipinski definition) is 2. The zero-order valence-electron chi connectivity index (χ0n) is 14.5. The fourth-order valence-electron chi connectivity index (χ4n) is 3.06.